The lowest BCUT2D eigenvalue weighted by Gasteiger charge is -2.38. The lowest BCUT2D eigenvalue weighted by molar-refractivity contribution is -0.388. The minimum absolute atomic E-state index is 0.0459. The van der Waals surface area contributed by atoms with E-state index < -0.39 is 87.3 Å². The summed E-state index contributed by atoms with van der Waals surface area (Å²) >= 11 is 0. The third-order valence-corrected chi connectivity index (χ3v) is 11.2. The number of para-hydroxylation sites is 2. The number of rotatable bonds is 10. The zero-order valence-electron chi connectivity index (χ0n) is 26.0. The van der Waals surface area contributed by atoms with Gasteiger partial charge in [-0.15, -0.1) is 0 Å². The molecule has 2 aromatic carbocycles. The standard InChI is InChI=1S/C29H36N4O12S2/c1-29(2,3)44-28(35)30-16-14-20(15-17-30)18-25(34)22-13-12-21(45-47(42,43)27-11-7-5-9-24(27)33(38)39)19-31(22)46(40,41)26-10-6-4-8-23(26)32(36)37/h4-11,20-22H,12-19H2,1-3H3/t21-,22?/m0/s1. The van der Waals surface area contributed by atoms with Crippen LogP contribution in [0.3, 0.4) is 0 Å². The highest BCUT2D eigenvalue weighted by molar-refractivity contribution is 7.89. The van der Waals surface area contributed by atoms with Crippen LogP contribution in [-0.2, 0) is 33.9 Å². The van der Waals surface area contributed by atoms with Gasteiger partial charge in [0.2, 0.25) is 0 Å². The molecular weight excluding hydrogens is 660 g/mol. The molecule has 256 valence electrons. The zero-order chi connectivity index (χ0) is 34.7. The molecule has 2 atom stereocenters. The maximum atomic E-state index is 14.0. The van der Waals surface area contributed by atoms with Crippen molar-refractivity contribution in [2.45, 2.75) is 80.4 Å². The monoisotopic (exact) mass is 696 g/mol. The third-order valence-electron chi connectivity index (χ3n) is 7.86. The van der Waals surface area contributed by atoms with Crippen molar-refractivity contribution in [2.24, 2.45) is 5.92 Å². The SMILES string of the molecule is CC(C)(C)OC(=O)N1CCC(CC(=O)C2CC[C@H](OS(=O)(=O)c3ccccc3[N+](=O)[O-])CN2S(=O)(=O)c2ccccc2[N+](=O)[O-])CC1. The number of carbonyl (C=O) groups excluding carboxylic acids is 2. The molecule has 0 saturated carbocycles. The summed E-state index contributed by atoms with van der Waals surface area (Å²) in [6.07, 6.45) is -1.25. The van der Waals surface area contributed by atoms with Crippen molar-refractivity contribution in [3.8, 4) is 0 Å². The summed E-state index contributed by atoms with van der Waals surface area (Å²) in [6.45, 7) is 5.24. The van der Waals surface area contributed by atoms with Crippen LogP contribution in [0.2, 0.25) is 0 Å². The quantitative estimate of drug-likeness (QED) is 0.196. The van der Waals surface area contributed by atoms with Crippen LogP contribution in [0.1, 0.15) is 52.9 Å². The number of sulfonamides is 1. The first kappa shape index (κ1) is 35.8. The van der Waals surface area contributed by atoms with E-state index in [0.717, 1.165) is 28.6 Å². The minimum atomic E-state index is -4.77. The summed E-state index contributed by atoms with van der Waals surface area (Å²) < 4.78 is 65.7. The van der Waals surface area contributed by atoms with Crippen molar-refractivity contribution < 1.29 is 45.2 Å². The molecule has 2 fully saturated rings. The van der Waals surface area contributed by atoms with Gasteiger partial charge in [-0.3, -0.25) is 29.2 Å². The van der Waals surface area contributed by atoms with Crippen molar-refractivity contribution in [2.75, 3.05) is 19.6 Å². The second kappa shape index (κ2) is 14.0. The van der Waals surface area contributed by atoms with Gasteiger partial charge in [0.1, 0.15) is 5.60 Å². The van der Waals surface area contributed by atoms with E-state index in [1.807, 2.05) is 0 Å². The van der Waals surface area contributed by atoms with Gasteiger partial charge < -0.3 is 9.64 Å². The lowest BCUT2D eigenvalue weighted by Crippen LogP contribution is -2.53. The van der Waals surface area contributed by atoms with E-state index in [9.17, 15) is 46.7 Å². The van der Waals surface area contributed by atoms with Crippen LogP contribution in [0.15, 0.2) is 58.3 Å². The fourth-order valence-electron chi connectivity index (χ4n) is 5.64. The summed E-state index contributed by atoms with van der Waals surface area (Å²) in [4.78, 5) is 47.7. The first-order valence-corrected chi connectivity index (χ1v) is 17.7. The Morgan fingerprint density at radius 3 is 1.94 bits per heavy atom. The van der Waals surface area contributed by atoms with Crippen LogP contribution in [0.4, 0.5) is 16.2 Å². The van der Waals surface area contributed by atoms with Gasteiger partial charge in [0.25, 0.3) is 21.4 Å². The van der Waals surface area contributed by atoms with Gasteiger partial charge in [-0.1, -0.05) is 24.3 Å². The number of ether oxygens (including phenoxy) is 1. The number of Topliss-reactive ketones (excluding diaryl/α,β-unsaturated/α-hetero) is 1. The first-order valence-electron chi connectivity index (χ1n) is 14.8. The van der Waals surface area contributed by atoms with Crippen molar-refractivity contribution in [1.29, 1.82) is 0 Å². The molecule has 2 aromatic rings. The Hall–Kier alpha value is -4.00. The van der Waals surface area contributed by atoms with Crippen molar-refractivity contribution in [1.82, 2.24) is 9.21 Å². The predicted molar refractivity (Wildman–Crippen MR) is 165 cm³/mol. The molecular formula is C29H36N4O12S2. The average molecular weight is 697 g/mol. The maximum Gasteiger partial charge on any atom is 0.410 e. The lowest BCUT2D eigenvalue weighted by atomic mass is 9.88. The molecule has 0 bridgehead atoms. The summed E-state index contributed by atoms with van der Waals surface area (Å²) in [7, 11) is -9.54. The van der Waals surface area contributed by atoms with Crippen molar-refractivity contribution in [3.63, 3.8) is 0 Å². The number of hydrogen-bond acceptors (Lipinski definition) is 12. The first-order chi connectivity index (χ1) is 21.9. The minimum Gasteiger partial charge on any atom is -0.444 e. The fourth-order valence-corrected chi connectivity index (χ4v) is 8.74. The molecule has 47 heavy (non-hydrogen) atoms. The number of hydrogen-bond donors (Lipinski definition) is 0. The Bertz CT molecular complexity index is 1750. The van der Waals surface area contributed by atoms with E-state index in [1.165, 1.54) is 29.2 Å². The van der Waals surface area contributed by atoms with Crippen LogP contribution in [0, 0.1) is 26.1 Å². The van der Waals surface area contributed by atoms with E-state index in [0.29, 0.717) is 25.9 Å². The second-order valence-electron chi connectivity index (χ2n) is 12.4. The number of amides is 1. The molecule has 0 radical (unpaired) electrons. The molecule has 4 rings (SSSR count). The molecule has 2 aliphatic rings. The van der Waals surface area contributed by atoms with Crippen LogP contribution in [-0.4, -0.2) is 85.1 Å². The number of nitro groups is 2. The highest BCUT2D eigenvalue weighted by atomic mass is 32.2. The number of likely N-dealkylation sites (tertiary alicyclic amines) is 1. The van der Waals surface area contributed by atoms with Crippen LogP contribution >= 0.6 is 0 Å². The number of nitrogens with zero attached hydrogens (tertiary/aromatic N) is 4. The van der Waals surface area contributed by atoms with E-state index in [-0.39, 0.29) is 25.2 Å². The molecule has 0 aromatic heterocycles. The molecule has 0 N–H and O–H groups in total. The molecule has 0 spiro atoms. The molecule has 16 nitrogen and oxygen atoms in total. The highest BCUT2D eigenvalue weighted by Crippen LogP contribution is 2.35. The Kier molecular flexibility index (Phi) is 10.7. The van der Waals surface area contributed by atoms with Gasteiger partial charge in [0.15, 0.2) is 15.6 Å². The second-order valence-corrected chi connectivity index (χ2v) is 15.8. The normalized spacial score (nSPS) is 20.0. The van der Waals surface area contributed by atoms with Crippen molar-refractivity contribution in [3.05, 3.63) is 68.8 Å². The van der Waals surface area contributed by atoms with E-state index in [4.69, 9.17) is 8.92 Å². The Balaban J connectivity index is 1.58. The fraction of sp³-hybridized carbons (Fsp3) is 0.517. The summed E-state index contributed by atoms with van der Waals surface area (Å²) in [5, 5.41) is 23.2. The van der Waals surface area contributed by atoms with Gasteiger partial charge in [-0.25, -0.2) is 13.2 Å². The van der Waals surface area contributed by atoms with E-state index in [2.05, 4.69) is 0 Å². The highest BCUT2D eigenvalue weighted by Gasteiger charge is 2.45. The van der Waals surface area contributed by atoms with Gasteiger partial charge >= 0.3 is 16.2 Å². The Morgan fingerprint density at radius 1 is 0.851 bits per heavy atom. The number of benzene rings is 2. The smallest absolute Gasteiger partial charge is 0.410 e. The third kappa shape index (κ3) is 8.48. The predicted octanol–water partition coefficient (Wildman–Crippen LogP) is 4.04. The summed E-state index contributed by atoms with van der Waals surface area (Å²) in [5.41, 5.74) is -2.15. The largest absolute Gasteiger partial charge is 0.444 e. The topological polar surface area (TPSA) is 214 Å². The summed E-state index contributed by atoms with van der Waals surface area (Å²) in [6, 6.07) is 7.80. The Labute approximate surface area is 272 Å². The van der Waals surface area contributed by atoms with E-state index in [1.54, 1.807) is 20.8 Å². The number of nitro benzene ring substituents is 2. The Morgan fingerprint density at radius 2 is 1.38 bits per heavy atom. The van der Waals surface area contributed by atoms with Crippen LogP contribution < -0.4 is 0 Å². The summed E-state index contributed by atoms with van der Waals surface area (Å²) in [5.74, 6) is -0.660. The molecule has 1 unspecified atom stereocenters. The average Bonchev–Trinajstić information content (AvgIpc) is 3.00. The number of carbonyl (C=O) groups is 2. The van der Waals surface area contributed by atoms with Crippen LogP contribution in [0.5, 0.6) is 0 Å². The number of piperidine rings is 2. The molecule has 2 saturated heterocycles. The van der Waals surface area contributed by atoms with Gasteiger partial charge in [-0.05, 0) is 64.5 Å². The van der Waals surface area contributed by atoms with Crippen LogP contribution in [0.25, 0.3) is 0 Å². The van der Waals surface area contributed by atoms with Gasteiger partial charge in [-0.2, -0.15) is 12.7 Å². The van der Waals surface area contributed by atoms with Crippen molar-refractivity contribution >= 4 is 43.4 Å². The number of ketones is 1. The van der Waals surface area contributed by atoms with Gasteiger partial charge in [0, 0.05) is 38.2 Å². The molecule has 2 aliphatic heterocycles. The molecule has 1 amide bonds. The molecule has 2 heterocycles. The zero-order valence-corrected chi connectivity index (χ0v) is 27.6. The maximum absolute atomic E-state index is 14.0. The molecule has 0 aliphatic carbocycles. The van der Waals surface area contributed by atoms with E-state index >= 15 is 0 Å². The van der Waals surface area contributed by atoms with Gasteiger partial charge in [0.05, 0.1) is 22.0 Å². The molecule has 18 heteroatoms.